The van der Waals surface area contributed by atoms with E-state index >= 15 is 0 Å². The van der Waals surface area contributed by atoms with E-state index in [1.54, 1.807) is 24.1 Å². The summed E-state index contributed by atoms with van der Waals surface area (Å²) >= 11 is 1.20. The Kier molecular flexibility index (Phi) is 6.41. The van der Waals surface area contributed by atoms with Crippen molar-refractivity contribution < 1.29 is 9.53 Å². The van der Waals surface area contributed by atoms with Crippen molar-refractivity contribution in [1.82, 2.24) is 24.7 Å². The van der Waals surface area contributed by atoms with E-state index in [-0.39, 0.29) is 11.7 Å². The Morgan fingerprint density at radius 1 is 1.16 bits per heavy atom. The molecular weight excluding hydrogens is 426 g/mol. The van der Waals surface area contributed by atoms with E-state index in [2.05, 4.69) is 26.7 Å². The van der Waals surface area contributed by atoms with Crippen LogP contribution in [-0.4, -0.2) is 43.4 Å². The first-order valence-corrected chi connectivity index (χ1v) is 10.9. The monoisotopic (exact) mass is 449 g/mol. The summed E-state index contributed by atoms with van der Waals surface area (Å²) in [6.45, 7) is 2.61. The summed E-state index contributed by atoms with van der Waals surface area (Å²) in [5.41, 5.74) is 3.01. The topological polar surface area (TPSA) is 113 Å². The molecule has 2 heterocycles. The van der Waals surface area contributed by atoms with Gasteiger partial charge in [-0.25, -0.2) is 9.36 Å². The van der Waals surface area contributed by atoms with Crippen molar-refractivity contribution in [3.8, 4) is 17.1 Å². The Labute approximate surface area is 189 Å². The van der Waals surface area contributed by atoms with E-state index in [9.17, 15) is 4.79 Å². The maximum atomic E-state index is 12.5. The normalized spacial score (nSPS) is 10.8. The maximum absolute atomic E-state index is 12.5. The van der Waals surface area contributed by atoms with Crippen LogP contribution >= 0.6 is 11.8 Å². The quantitative estimate of drug-likeness (QED) is 0.314. The van der Waals surface area contributed by atoms with Gasteiger partial charge in [0.25, 0.3) is 0 Å². The predicted molar refractivity (Wildman–Crippen MR) is 124 cm³/mol. The molecule has 0 bridgehead atoms. The molecule has 0 aliphatic rings. The molecule has 10 heteroatoms. The number of aromatic nitrogens is 5. The van der Waals surface area contributed by atoms with Gasteiger partial charge in [-0.1, -0.05) is 53.7 Å². The number of para-hydroxylation sites is 1. The third-order valence-corrected chi connectivity index (χ3v) is 5.69. The molecular formula is C22H23N7O2S. The fourth-order valence-electron chi connectivity index (χ4n) is 3.25. The Hall–Kier alpha value is -3.79. The fraction of sp³-hybridized carbons (Fsp3) is 0.182. The van der Waals surface area contributed by atoms with Crippen LogP contribution in [0.4, 0.5) is 5.82 Å². The SMILES string of the molecule is COc1ccccc1-c1nnc(SCC(=O)Nc2ccnn2Cc2cccc(C)c2)n1N. The second-order valence-electron chi connectivity index (χ2n) is 7.08. The molecule has 0 atom stereocenters. The summed E-state index contributed by atoms with van der Waals surface area (Å²) in [7, 11) is 1.58. The molecule has 0 unspecified atom stereocenters. The zero-order valence-electron chi connectivity index (χ0n) is 17.7. The van der Waals surface area contributed by atoms with Crippen molar-refractivity contribution >= 4 is 23.5 Å². The summed E-state index contributed by atoms with van der Waals surface area (Å²) < 4.78 is 8.48. The highest BCUT2D eigenvalue weighted by molar-refractivity contribution is 7.99. The summed E-state index contributed by atoms with van der Waals surface area (Å²) in [6, 6.07) is 17.3. The van der Waals surface area contributed by atoms with Crippen molar-refractivity contribution in [3.05, 3.63) is 71.9 Å². The van der Waals surface area contributed by atoms with Gasteiger partial charge in [0.05, 0.1) is 31.2 Å². The standard InChI is InChI=1S/C22H23N7O2S/c1-15-6-5-7-16(12-15)13-28-19(10-11-24-28)25-20(30)14-32-22-27-26-21(29(22)23)17-8-3-4-9-18(17)31-2/h3-12H,13-14,23H2,1-2H3,(H,25,30). The number of carbonyl (C=O) groups is 1. The minimum Gasteiger partial charge on any atom is -0.496 e. The molecule has 164 valence electrons. The van der Waals surface area contributed by atoms with Crippen LogP contribution in [0.5, 0.6) is 5.75 Å². The molecule has 9 nitrogen and oxygen atoms in total. The van der Waals surface area contributed by atoms with E-state index in [1.807, 2.05) is 49.4 Å². The Morgan fingerprint density at radius 2 is 2.00 bits per heavy atom. The number of nitrogens with one attached hydrogen (secondary N) is 1. The third-order valence-electron chi connectivity index (χ3n) is 4.74. The van der Waals surface area contributed by atoms with Crippen LogP contribution in [0.25, 0.3) is 11.4 Å². The van der Waals surface area contributed by atoms with Crippen LogP contribution in [-0.2, 0) is 11.3 Å². The molecule has 2 aromatic heterocycles. The van der Waals surface area contributed by atoms with E-state index < -0.39 is 0 Å². The predicted octanol–water partition coefficient (Wildman–Crippen LogP) is 2.95. The van der Waals surface area contributed by atoms with Gasteiger partial charge in [-0.15, -0.1) is 10.2 Å². The van der Waals surface area contributed by atoms with Crippen molar-refractivity contribution in [2.24, 2.45) is 0 Å². The van der Waals surface area contributed by atoms with Gasteiger partial charge in [0.15, 0.2) is 5.82 Å². The smallest absolute Gasteiger partial charge is 0.235 e. The third kappa shape index (κ3) is 4.75. The van der Waals surface area contributed by atoms with Gasteiger partial charge in [0.2, 0.25) is 11.1 Å². The largest absolute Gasteiger partial charge is 0.496 e. The number of hydrogen-bond acceptors (Lipinski definition) is 7. The van der Waals surface area contributed by atoms with Crippen LogP contribution in [0.1, 0.15) is 11.1 Å². The number of aryl methyl sites for hydroxylation is 1. The van der Waals surface area contributed by atoms with Crippen LogP contribution in [0.3, 0.4) is 0 Å². The molecule has 0 saturated carbocycles. The van der Waals surface area contributed by atoms with E-state index in [0.29, 0.717) is 29.1 Å². The number of nitrogen functional groups attached to an aromatic ring is 1. The zero-order chi connectivity index (χ0) is 22.5. The molecule has 4 rings (SSSR count). The molecule has 4 aromatic rings. The van der Waals surface area contributed by atoms with Crippen molar-refractivity contribution in [2.45, 2.75) is 18.6 Å². The zero-order valence-corrected chi connectivity index (χ0v) is 18.5. The summed E-state index contributed by atoms with van der Waals surface area (Å²) in [6.07, 6.45) is 1.66. The first-order chi connectivity index (χ1) is 15.5. The van der Waals surface area contributed by atoms with E-state index in [4.69, 9.17) is 10.6 Å². The van der Waals surface area contributed by atoms with Crippen LogP contribution < -0.4 is 15.9 Å². The number of nitrogens with zero attached hydrogens (tertiary/aromatic N) is 5. The molecule has 2 aromatic carbocycles. The van der Waals surface area contributed by atoms with Crippen LogP contribution in [0.15, 0.2) is 66.0 Å². The number of hydrogen-bond donors (Lipinski definition) is 2. The number of thioether (sulfide) groups is 1. The first-order valence-electron chi connectivity index (χ1n) is 9.89. The van der Waals surface area contributed by atoms with E-state index in [0.717, 1.165) is 11.1 Å². The lowest BCUT2D eigenvalue weighted by molar-refractivity contribution is -0.113. The number of ether oxygens (including phenoxy) is 1. The van der Waals surface area contributed by atoms with Gasteiger partial charge in [0.1, 0.15) is 11.6 Å². The lowest BCUT2D eigenvalue weighted by atomic mass is 10.1. The molecule has 3 N–H and O–H groups in total. The second kappa shape index (κ2) is 9.56. The Bertz CT molecular complexity index is 1230. The van der Waals surface area contributed by atoms with E-state index in [1.165, 1.54) is 22.0 Å². The average molecular weight is 450 g/mol. The Morgan fingerprint density at radius 3 is 2.81 bits per heavy atom. The number of amides is 1. The number of anilines is 1. The average Bonchev–Trinajstić information content (AvgIpc) is 3.38. The number of benzene rings is 2. The highest BCUT2D eigenvalue weighted by atomic mass is 32.2. The van der Waals surface area contributed by atoms with Gasteiger partial charge >= 0.3 is 0 Å². The highest BCUT2D eigenvalue weighted by Gasteiger charge is 2.17. The van der Waals surface area contributed by atoms with Crippen molar-refractivity contribution in [3.63, 3.8) is 0 Å². The first kappa shape index (κ1) is 21.4. The van der Waals surface area contributed by atoms with Crippen LogP contribution in [0, 0.1) is 6.92 Å². The van der Waals surface area contributed by atoms with Gasteiger partial charge in [-0.3, -0.25) is 4.79 Å². The maximum Gasteiger partial charge on any atom is 0.235 e. The highest BCUT2D eigenvalue weighted by Crippen LogP contribution is 2.29. The lowest BCUT2D eigenvalue weighted by Crippen LogP contribution is -2.19. The molecule has 32 heavy (non-hydrogen) atoms. The summed E-state index contributed by atoms with van der Waals surface area (Å²) in [5, 5.41) is 15.9. The fourth-order valence-corrected chi connectivity index (χ4v) is 3.90. The second-order valence-corrected chi connectivity index (χ2v) is 8.02. The molecule has 0 radical (unpaired) electrons. The molecule has 0 aliphatic carbocycles. The van der Waals surface area contributed by atoms with Crippen LogP contribution in [0.2, 0.25) is 0 Å². The minimum atomic E-state index is -0.192. The molecule has 0 spiro atoms. The minimum absolute atomic E-state index is 0.122. The van der Waals surface area contributed by atoms with Gasteiger partial charge in [-0.2, -0.15) is 5.10 Å². The summed E-state index contributed by atoms with van der Waals surface area (Å²) in [4.78, 5) is 12.5. The number of methoxy groups -OCH3 is 1. The lowest BCUT2D eigenvalue weighted by Gasteiger charge is -2.10. The van der Waals surface area contributed by atoms with Gasteiger partial charge in [-0.05, 0) is 24.6 Å². The van der Waals surface area contributed by atoms with Gasteiger partial charge in [0, 0.05) is 6.07 Å². The molecule has 0 fully saturated rings. The molecule has 1 amide bonds. The Balaban J connectivity index is 1.39. The van der Waals surface area contributed by atoms with Crippen molar-refractivity contribution in [1.29, 1.82) is 0 Å². The number of rotatable bonds is 8. The number of carbonyl (C=O) groups excluding carboxylic acids is 1. The summed E-state index contributed by atoms with van der Waals surface area (Å²) in [5.74, 6) is 7.83. The van der Waals surface area contributed by atoms with Crippen molar-refractivity contribution in [2.75, 3.05) is 24.0 Å². The molecule has 0 saturated heterocycles. The molecule has 0 aliphatic heterocycles. The van der Waals surface area contributed by atoms with Gasteiger partial charge < -0.3 is 15.9 Å². The number of nitrogens with two attached hydrogens (primary N) is 1.